The van der Waals surface area contributed by atoms with Gasteiger partial charge in [0.25, 0.3) is 16.8 Å². The second-order valence-corrected chi connectivity index (χ2v) is 9.72. The first-order chi connectivity index (χ1) is 19.4. The highest BCUT2D eigenvalue weighted by molar-refractivity contribution is 7.99. The van der Waals surface area contributed by atoms with E-state index in [4.69, 9.17) is 10.5 Å². The van der Waals surface area contributed by atoms with E-state index in [-0.39, 0.29) is 27.0 Å². The number of aromatic amines is 1. The molecule has 0 aliphatic heterocycles. The molecule has 196 valence electrons. The van der Waals surface area contributed by atoms with Crippen molar-refractivity contribution >= 4 is 44.9 Å². The van der Waals surface area contributed by atoms with Gasteiger partial charge in [-0.1, -0.05) is 30.3 Å². The topological polar surface area (TPSA) is 146 Å². The average Bonchev–Trinajstić information content (AvgIpc) is 2.96. The number of non-ortho nitro benzene ring substituents is 1. The molecule has 10 nitrogen and oxygen atoms in total. The van der Waals surface area contributed by atoms with E-state index in [1.165, 1.54) is 22.8 Å². The Morgan fingerprint density at radius 1 is 0.875 bits per heavy atom. The molecule has 2 heterocycles. The number of nitrogens with one attached hydrogen (secondary N) is 1. The van der Waals surface area contributed by atoms with Crippen LogP contribution in [0.5, 0.6) is 11.5 Å². The number of nitro benzene ring substituents is 1. The summed E-state index contributed by atoms with van der Waals surface area (Å²) >= 11 is 0.909. The molecule has 40 heavy (non-hydrogen) atoms. The summed E-state index contributed by atoms with van der Waals surface area (Å²) in [5.41, 5.74) is 6.71. The van der Waals surface area contributed by atoms with Crippen molar-refractivity contribution in [2.24, 2.45) is 0 Å². The van der Waals surface area contributed by atoms with E-state index in [1.807, 2.05) is 30.3 Å². The van der Waals surface area contributed by atoms with E-state index in [0.29, 0.717) is 39.0 Å². The molecule has 0 radical (unpaired) electrons. The Hall–Kier alpha value is -5.42. The first-order valence-electron chi connectivity index (χ1n) is 12.0. The summed E-state index contributed by atoms with van der Waals surface area (Å²) in [6.45, 7) is 0. The summed E-state index contributed by atoms with van der Waals surface area (Å²) in [4.78, 5) is 45.0. The van der Waals surface area contributed by atoms with Gasteiger partial charge in [0.1, 0.15) is 16.4 Å². The zero-order valence-electron chi connectivity index (χ0n) is 20.6. The number of H-pyrrole nitrogens is 1. The van der Waals surface area contributed by atoms with Crippen LogP contribution in [0.4, 0.5) is 11.4 Å². The van der Waals surface area contributed by atoms with Crippen LogP contribution in [0.1, 0.15) is 0 Å². The summed E-state index contributed by atoms with van der Waals surface area (Å²) in [5.74, 6) is 1.24. The van der Waals surface area contributed by atoms with Crippen LogP contribution >= 0.6 is 11.8 Å². The molecule has 3 N–H and O–H groups in total. The number of nitro groups is 1. The van der Waals surface area contributed by atoms with Crippen LogP contribution in [0.15, 0.2) is 117 Å². The third kappa shape index (κ3) is 4.54. The smallest absolute Gasteiger partial charge is 0.270 e. The Morgan fingerprint density at radius 3 is 2.33 bits per heavy atom. The lowest BCUT2D eigenvalue weighted by molar-refractivity contribution is -0.384. The molecule has 0 spiro atoms. The minimum atomic E-state index is -0.537. The van der Waals surface area contributed by atoms with Crippen LogP contribution < -0.4 is 21.6 Å². The fourth-order valence-corrected chi connectivity index (χ4v) is 5.26. The van der Waals surface area contributed by atoms with Crippen LogP contribution in [0.2, 0.25) is 0 Å². The first kappa shape index (κ1) is 24.9. The van der Waals surface area contributed by atoms with Crippen molar-refractivity contribution in [1.82, 2.24) is 14.5 Å². The van der Waals surface area contributed by atoms with Gasteiger partial charge in [0.15, 0.2) is 5.16 Å². The van der Waals surface area contributed by atoms with E-state index in [1.54, 1.807) is 48.5 Å². The van der Waals surface area contributed by atoms with Crippen molar-refractivity contribution in [2.75, 3.05) is 5.73 Å². The number of para-hydroxylation sites is 2. The minimum Gasteiger partial charge on any atom is -0.457 e. The maximum Gasteiger partial charge on any atom is 0.270 e. The molecule has 0 saturated heterocycles. The van der Waals surface area contributed by atoms with Gasteiger partial charge in [-0.3, -0.25) is 24.3 Å². The highest BCUT2D eigenvalue weighted by Gasteiger charge is 2.20. The SMILES string of the molecule is Nc1c(Sc2nc3ccccc3c(=O)n2-c2ccc(Oc3ccccc3)cc2)c(=O)[nH]c2ccc([N+](=O)[O-])cc12. The molecule has 11 heteroatoms. The summed E-state index contributed by atoms with van der Waals surface area (Å²) < 4.78 is 7.27. The van der Waals surface area contributed by atoms with E-state index < -0.39 is 10.5 Å². The number of nitrogens with two attached hydrogens (primary N) is 1. The van der Waals surface area contributed by atoms with Gasteiger partial charge in [-0.2, -0.15) is 0 Å². The molecule has 2 aromatic heterocycles. The van der Waals surface area contributed by atoms with Crippen molar-refractivity contribution in [1.29, 1.82) is 0 Å². The Bertz CT molecular complexity index is 2040. The number of benzene rings is 4. The fourth-order valence-electron chi connectivity index (χ4n) is 4.29. The van der Waals surface area contributed by atoms with Gasteiger partial charge in [0.2, 0.25) is 0 Å². The lowest BCUT2D eigenvalue weighted by Gasteiger charge is -2.15. The molecule has 0 atom stereocenters. The molecule has 0 amide bonds. The number of pyridine rings is 1. The first-order valence-corrected chi connectivity index (χ1v) is 12.8. The summed E-state index contributed by atoms with van der Waals surface area (Å²) in [6.07, 6.45) is 0. The number of rotatable bonds is 6. The number of hydrogen-bond acceptors (Lipinski definition) is 8. The second-order valence-electron chi connectivity index (χ2n) is 8.75. The van der Waals surface area contributed by atoms with Crippen LogP contribution in [-0.2, 0) is 0 Å². The average molecular weight is 550 g/mol. The third-order valence-electron chi connectivity index (χ3n) is 6.22. The highest BCUT2D eigenvalue weighted by Crippen LogP contribution is 2.34. The van der Waals surface area contributed by atoms with Gasteiger partial charge < -0.3 is 15.5 Å². The highest BCUT2D eigenvalue weighted by atomic mass is 32.2. The maximum absolute atomic E-state index is 13.7. The molecular weight excluding hydrogens is 530 g/mol. The minimum absolute atomic E-state index is 0.0491. The van der Waals surface area contributed by atoms with E-state index in [9.17, 15) is 19.7 Å². The zero-order chi connectivity index (χ0) is 27.8. The summed E-state index contributed by atoms with van der Waals surface area (Å²) in [6, 6.07) is 27.1. The molecule has 0 aliphatic rings. The number of ether oxygens (including phenoxy) is 1. The van der Waals surface area contributed by atoms with E-state index >= 15 is 0 Å². The Kier molecular flexibility index (Phi) is 6.25. The number of fused-ring (bicyclic) bond motifs is 2. The van der Waals surface area contributed by atoms with E-state index in [2.05, 4.69) is 9.97 Å². The second kappa shape index (κ2) is 10.0. The van der Waals surface area contributed by atoms with Crippen molar-refractivity contribution in [2.45, 2.75) is 10.1 Å². The third-order valence-corrected chi connectivity index (χ3v) is 7.28. The monoisotopic (exact) mass is 549 g/mol. The van der Waals surface area contributed by atoms with Gasteiger partial charge in [0.05, 0.1) is 32.7 Å². The van der Waals surface area contributed by atoms with Crippen LogP contribution in [0, 0.1) is 10.1 Å². The summed E-state index contributed by atoms with van der Waals surface area (Å²) in [7, 11) is 0. The van der Waals surface area contributed by atoms with Gasteiger partial charge >= 0.3 is 0 Å². The van der Waals surface area contributed by atoms with Crippen LogP contribution in [0.25, 0.3) is 27.5 Å². The Morgan fingerprint density at radius 2 is 1.57 bits per heavy atom. The molecule has 0 bridgehead atoms. The lowest BCUT2D eigenvalue weighted by atomic mass is 10.1. The van der Waals surface area contributed by atoms with Crippen LogP contribution in [0.3, 0.4) is 0 Å². The van der Waals surface area contributed by atoms with Gasteiger partial charge in [0, 0.05) is 17.5 Å². The largest absolute Gasteiger partial charge is 0.457 e. The Balaban J connectivity index is 1.48. The lowest BCUT2D eigenvalue weighted by Crippen LogP contribution is -2.22. The molecule has 0 fully saturated rings. The number of aromatic nitrogens is 3. The standard InChI is InChI=1S/C29H19N5O5S/c30-25-22-16-18(34(37)38)12-15-24(22)31-27(35)26(25)40-29-32-23-9-5-4-8-21(23)28(36)33(29)17-10-13-20(14-11-17)39-19-6-2-1-3-7-19/h1-16H,(H3,30,31,35). The maximum atomic E-state index is 13.7. The van der Waals surface area contributed by atoms with Crippen molar-refractivity contribution in [3.05, 3.63) is 128 Å². The van der Waals surface area contributed by atoms with Gasteiger partial charge in [-0.05, 0) is 66.4 Å². The molecular formula is C29H19N5O5S. The van der Waals surface area contributed by atoms with Gasteiger partial charge in [-0.15, -0.1) is 0 Å². The van der Waals surface area contributed by atoms with Crippen molar-refractivity contribution in [3.63, 3.8) is 0 Å². The van der Waals surface area contributed by atoms with Crippen LogP contribution in [-0.4, -0.2) is 19.5 Å². The zero-order valence-corrected chi connectivity index (χ0v) is 21.4. The molecule has 0 unspecified atom stereocenters. The Labute approximate surface area is 229 Å². The quantitative estimate of drug-likeness (QED) is 0.154. The molecule has 4 aromatic carbocycles. The number of nitrogen functional groups attached to an aromatic ring is 1. The number of nitrogens with zero attached hydrogens (tertiary/aromatic N) is 3. The molecule has 0 aliphatic carbocycles. The summed E-state index contributed by atoms with van der Waals surface area (Å²) in [5, 5.41) is 12.2. The van der Waals surface area contributed by atoms with Crippen molar-refractivity contribution in [3.8, 4) is 17.2 Å². The normalized spacial score (nSPS) is 11.1. The van der Waals surface area contributed by atoms with Crippen molar-refractivity contribution < 1.29 is 9.66 Å². The molecule has 0 saturated carbocycles. The van der Waals surface area contributed by atoms with E-state index in [0.717, 1.165) is 11.8 Å². The number of hydrogen-bond donors (Lipinski definition) is 2. The number of anilines is 1. The fraction of sp³-hybridized carbons (Fsp3) is 0. The molecule has 6 aromatic rings. The predicted molar refractivity (Wildman–Crippen MR) is 154 cm³/mol. The predicted octanol–water partition coefficient (Wildman–Crippen LogP) is 5.66. The molecule has 6 rings (SSSR count). The van der Waals surface area contributed by atoms with Gasteiger partial charge in [-0.25, -0.2) is 4.98 Å².